The predicted molar refractivity (Wildman–Crippen MR) is 126 cm³/mol. The zero-order valence-corrected chi connectivity index (χ0v) is 19.8. The van der Waals surface area contributed by atoms with Crippen molar-refractivity contribution in [3.8, 4) is 0 Å². The number of rotatable bonds is 10. The van der Waals surface area contributed by atoms with E-state index in [4.69, 9.17) is 10.5 Å². The van der Waals surface area contributed by atoms with Crippen LogP contribution in [-0.4, -0.2) is 11.8 Å². The Morgan fingerprint density at radius 1 is 1.16 bits per heavy atom. The first-order valence-electron chi connectivity index (χ1n) is 11.8. The number of alkyl halides is 2. The minimum Gasteiger partial charge on any atom is -0.476 e. The lowest BCUT2D eigenvalue weighted by atomic mass is 9.67. The Morgan fingerprint density at radius 2 is 1.77 bits per heavy atom. The first-order chi connectivity index (χ1) is 14.7. The van der Waals surface area contributed by atoms with Crippen molar-refractivity contribution in [3.63, 3.8) is 0 Å². The van der Waals surface area contributed by atoms with Crippen LogP contribution in [0, 0.1) is 17.3 Å². The van der Waals surface area contributed by atoms with Gasteiger partial charge in [-0.25, -0.2) is 8.78 Å². The summed E-state index contributed by atoms with van der Waals surface area (Å²) < 4.78 is 31.6. The van der Waals surface area contributed by atoms with Crippen molar-refractivity contribution >= 4 is 11.4 Å². The number of nitrogens with two attached hydrogens (primary N) is 1. The Bertz CT molecular complexity index is 732. The van der Waals surface area contributed by atoms with E-state index in [1.54, 1.807) is 18.2 Å². The van der Waals surface area contributed by atoms with Crippen LogP contribution in [0.15, 0.2) is 41.2 Å². The van der Waals surface area contributed by atoms with E-state index in [0.717, 1.165) is 24.5 Å². The number of hydrogen-bond donors (Lipinski definition) is 1. The maximum absolute atomic E-state index is 12.8. The third-order valence-corrected chi connectivity index (χ3v) is 6.81. The van der Waals surface area contributed by atoms with Gasteiger partial charge in [-0.1, -0.05) is 59.6 Å². The molecular formula is C26H40F2N2O. The minimum atomic E-state index is -2.47. The highest BCUT2D eigenvalue weighted by atomic mass is 19.3. The monoisotopic (exact) mass is 434 g/mol. The predicted octanol–water partition coefficient (Wildman–Crippen LogP) is 7.94. The number of nitrogens with zero attached hydrogens (tertiary/aromatic N) is 1. The van der Waals surface area contributed by atoms with Gasteiger partial charge in [0.15, 0.2) is 5.88 Å². The van der Waals surface area contributed by atoms with Gasteiger partial charge in [-0.2, -0.15) is 0 Å². The summed E-state index contributed by atoms with van der Waals surface area (Å²) in [7, 11) is 0. The Kier molecular flexibility index (Phi) is 9.52. The average Bonchev–Trinajstić information content (AvgIpc) is 2.75. The number of halogens is 2. The Hall–Kier alpha value is -1.91. The van der Waals surface area contributed by atoms with Gasteiger partial charge < -0.3 is 10.5 Å². The van der Waals surface area contributed by atoms with E-state index in [9.17, 15) is 8.78 Å². The van der Waals surface area contributed by atoms with Gasteiger partial charge in [0.25, 0.3) is 6.43 Å². The van der Waals surface area contributed by atoms with E-state index in [1.165, 1.54) is 44.2 Å². The number of aliphatic imine (C=N–C) groups is 1. The lowest BCUT2D eigenvalue weighted by Gasteiger charge is -2.41. The molecule has 0 bridgehead atoms. The van der Waals surface area contributed by atoms with Crippen molar-refractivity contribution in [2.45, 2.75) is 92.1 Å². The van der Waals surface area contributed by atoms with Crippen LogP contribution < -0.4 is 5.73 Å². The summed E-state index contributed by atoms with van der Waals surface area (Å²) in [6.07, 6.45) is 7.65. The zero-order valence-electron chi connectivity index (χ0n) is 19.8. The highest BCUT2D eigenvalue weighted by molar-refractivity contribution is 5.98. The summed E-state index contributed by atoms with van der Waals surface area (Å²) in [5, 5.41) is 0. The van der Waals surface area contributed by atoms with Crippen molar-refractivity contribution < 1.29 is 13.5 Å². The molecule has 0 aliphatic heterocycles. The molecule has 0 saturated heterocycles. The van der Waals surface area contributed by atoms with E-state index in [-0.39, 0.29) is 17.6 Å². The Labute approximate surface area is 187 Å². The van der Waals surface area contributed by atoms with Crippen LogP contribution in [0.2, 0.25) is 0 Å². The molecule has 1 unspecified atom stereocenters. The largest absolute Gasteiger partial charge is 0.476 e. The van der Waals surface area contributed by atoms with Crippen LogP contribution in [-0.2, 0) is 4.74 Å². The van der Waals surface area contributed by atoms with Gasteiger partial charge >= 0.3 is 0 Å². The molecule has 0 amide bonds. The standard InChI is InChI=1S/C26H40F2N2O/c1-6-19(5)17-26(7-2)14-12-22(13-15-26)31-24(29)16-23(18(3)4)30-21-10-8-20(9-11-21)25(27)28/h8-11,16,18-19,22,25H,6-7,12-15,17,29H2,1-5H3/b24-16+,30-23?. The third kappa shape index (κ3) is 7.62. The SMILES string of the molecule is CCC(C)CC1(CC)CCC(O/C(N)=C/C(=Nc2ccc(C(F)F)cc2)C(C)C)CC1. The molecule has 3 nitrogen and oxygen atoms in total. The lowest BCUT2D eigenvalue weighted by Crippen LogP contribution is -2.32. The van der Waals surface area contributed by atoms with E-state index in [1.807, 2.05) is 13.8 Å². The second-order valence-electron chi connectivity index (χ2n) is 9.52. The van der Waals surface area contributed by atoms with Crippen molar-refractivity contribution in [3.05, 3.63) is 41.8 Å². The van der Waals surface area contributed by atoms with Gasteiger partial charge in [0.1, 0.15) is 6.10 Å². The highest BCUT2D eigenvalue weighted by Gasteiger charge is 2.35. The van der Waals surface area contributed by atoms with Gasteiger partial charge in [-0.15, -0.1) is 0 Å². The number of allylic oxidation sites excluding steroid dienone is 1. The molecule has 2 rings (SSSR count). The van der Waals surface area contributed by atoms with Gasteiger partial charge in [-0.3, -0.25) is 4.99 Å². The quantitative estimate of drug-likeness (QED) is 0.300. The fraction of sp³-hybridized carbons (Fsp3) is 0.654. The molecule has 1 atom stereocenters. The average molecular weight is 435 g/mol. The van der Waals surface area contributed by atoms with E-state index >= 15 is 0 Å². The first-order valence-corrected chi connectivity index (χ1v) is 11.8. The molecular weight excluding hydrogens is 394 g/mol. The van der Waals surface area contributed by atoms with Crippen LogP contribution in [0.25, 0.3) is 0 Å². The minimum absolute atomic E-state index is 0.00257. The van der Waals surface area contributed by atoms with Crippen molar-refractivity contribution in [2.75, 3.05) is 0 Å². The molecule has 1 aliphatic rings. The zero-order chi connectivity index (χ0) is 23.0. The van der Waals surface area contributed by atoms with Crippen LogP contribution in [0.3, 0.4) is 0 Å². The van der Waals surface area contributed by atoms with Crippen LogP contribution in [0.4, 0.5) is 14.5 Å². The molecule has 1 saturated carbocycles. The molecule has 5 heteroatoms. The fourth-order valence-corrected chi connectivity index (χ4v) is 4.45. The fourth-order valence-electron chi connectivity index (χ4n) is 4.45. The van der Waals surface area contributed by atoms with Gasteiger partial charge in [0.2, 0.25) is 0 Å². The van der Waals surface area contributed by atoms with Crippen molar-refractivity contribution in [2.24, 2.45) is 28.0 Å². The first kappa shape index (κ1) is 25.4. The van der Waals surface area contributed by atoms with Crippen LogP contribution in [0.5, 0.6) is 0 Å². The number of benzene rings is 1. The molecule has 2 N–H and O–H groups in total. The normalized spacial score (nSPS) is 24.0. The maximum Gasteiger partial charge on any atom is 0.263 e. The molecule has 1 fully saturated rings. The van der Waals surface area contributed by atoms with E-state index < -0.39 is 6.43 Å². The summed E-state index contributed by atoms with van der Waals surface area (Å²) in [4.78, 5) is 4.61. The third-order valence-electron chi connectivity index (χ3n) is 6.81. The Balaban J connectivity index is 2.02. The summed E-state index contributed by atoms with van der Waals surface area (Å²) in [5.41, 5.74) is 8.07. The molecule has 0 aromatic heterocycles. The lowest BCUT2D eigenvalue weighted by molar-refractivity contribution is 0.0221. The van der Waals surface area contributed by atoms with Gasteiger partial charge in [0, 0.05) is 17.4 Å². The molecule has 1 aromatic carbocycles. The second kappa shape index (κ2) is 11.6. The smallest absolute Gasteiger partial charge is 0.263 e. The maximum atomic E-state index is 12.8. The van der Waals surface area contributed by atoms with Gasteiger partial charge in [0.05, 0.1) is 5.69 Å². The molecule has 0 radical (unpaired) electrons. The topological polar surface area (TPSA) is 47.6 Å². The number of hydrogen-bond acceptors (Lipinski definition) is 3. The summed E-state index contributed by atoms with van der Waals surface area (Å²) in [6, 6.07) is 6.04. The van der Waals surface area contributed by atoms with Crippen molar-refractivity contribution in [1.82, 2.24) is 0 Å². The molecule has 1 aliphatic carbocycles. The molecule has 174 valence electrons. The summed E-state index contributed by atoms with van der Waals surface area (Å²) >= 11 is 0. The summed E-state index contributed by atoms with van der Waals surface area (Å²) in [6.45, 7) is 11.0. The van der Waals surface area contributed by atoms with Crippen LogP contribution in [0.1, 0.15) is 91.6 Å². The van der Waals surface area contributed by atoms with Crippen LogP contribution >= 0.6 is 0 Å². The highest BCUT2D eigenvalue weighted by Crippen LogP contribution is 2.45. The molecule has 0 heterocycles. The van der Waals surface area contributed by atoms with E-state index in [0.29, 0.717) is 17.0 Å². The molecule has 1 aromatic rings. The Morgan fingerprint density at radius 3 is 2.26 bits per heavy atom. The summed E-state index contributed by atoms with van der Waals surface area (Å²) in [5.74, 6) is 1.28. The molecule has 0 spiro atoms. The second-order valence-corrected chi connectivity index (χ2v) is 9.52. The van der Waals surface area contributed by atoms with Crippen molar-refractivity contribution in [1.29, 1.82) is 0 Å². The molecule has 31 heavy (non-hydrogen) atoms. The number of ether oxygens (including phenoxy) is 1. The van der Waals surface area contributed by atoms with Gasteiger partial charge in [-0.05, 0) is 61.5 Å². The van der Waals surface area contributed by atoms with E-state index in [2.05, 4.69) is 25.8 Å².